The summed E-state index contributed by atoms with van der Waals surface area (Å²) in [6.45, 7) is 1.96. The molecule has 1 amide bonds. The summed E-state index contributed by atoms with van der Waals surface area (Å²) < 4.78 is 6.11. The van der Waals surface area contributed by atoms with Crippen molar-refractivity contribution >= 4 is 55.7 Å². The normalized spacial score (nSPS) is 17.3. The van der Waals surface area contributed by atoms with E-state index in [1.54, 1.807) is 30.3 Å². The first-order chi connectivity index (χ1) is 16.8. The fourth-order valence-corrected chi connectivity index (χ4v) is 5.31. The summed E-state index contributed by atoms with van der Waals surface area (Å²) in [6, 6.07) is 15.6. The van der Waals surface area contributed by atoms with Gasteiger partial charge in [0.25, 0.3) is 5.78 Å². The minimum Gasteiger partial charge on any atom is -0.507 e. The average molecular weight is 507 g/mol. The van der Waals surface area contributed by atoms with Crippen molar-refractivity contribution in [3.8, 4) is 11.5 Å². The Balaban J connectivity index is 1.75. The van der Waals surface area contributed by atoms with Crippen molar-refractivity contribution in [3.63, 3.8) is 0 Å². The molecule has 7 nitrogen and oxygen atoms in total. The fourth-order valence-electron chi connectivity index (χ4n) is 4.10. The molecule has 4 aromatic rings. The summed E-state index contributed by atoms with van der Waals surface area (Å²) in [7, 11) is 1.40. The van der Waals surface area contributed by atoms with Crippen molar-refractivity contribution in [2.24, 2.45) is 0 Å². The lowest BCUT2D eigenvalue weighted by atomic mass is 9.95. The van der Waals surface area contributed by atoms with Crippen molar-refractivity contribution in [1.82, 2.24) is 4.98 Å². The van der Waals surface area contributed by atoms with Crippen LogP contribution in [0.15, 0.2) is 66.2 Å². The number of aromatic nitrogens is 1. The predicted molar refractivity (Wildman–Crippen MR) is 135 cm³/mol. The first kappa shape index (κ1) is 22.9. The van der Waals surface area contributed by atoms with E-state index in [4.69, 9.17) is 16.3 Å². The summed E-state index contributed by atoms with van der Waals surface area (Å²) in [5.74, 6) is -1.92. The molecule has 1 aromatic heterocycles. The number of phenols is 1. The third-order valence-electron chi connectivity index (χ3n) is 5.82. The maximum atomic E-state index is 13.4. The quantitative estimate of drug-likeness (QED) is 0.212. The highest BCUT2D eigenvalue weighted by Crippen LogP contribution is 2.45. The number of thiazole rings is 1. The summed E-state index contributed by atoms with van der Waals surface area (Å²) in [5.41, 5.74) is 2.43. The lowest BCUT2D eigenvalue weighted by Gasteiger charge is -2.23. The number of halogens is 1. The molecule has 176 valence electrons. The standard InChI is InChI=1S/C26H19ClN2O5S/c1-13-3-9-17-20(11-13)35-26(28-17)29-22(15-6-10-18(30)19(12-15)34-2)21(24(32)25(29)33)23(31)14-4-7-16(27)8-5-14/h3-12,22,30-31H,1-2H3. The number of hydrogen-bond donors (Lipinski definition) is 2. The number of hydrogen-bond acceptors (Lipinski definition) is 7. The molecule has 1 unspecified atom stereocenters. The fraction of sp³-hybridized carbons (Fsp3) is 0.115. The molecule has 2 N–H and O–H groups in total. The number of anilines is 1. The molecule has 0 saturated carbocycles. The van der Waals surface area contributed by atoms with Crippen LogP contribution in [0.25, 0.3) is 16.0 Å². The van der Waals surface area contributed by atoms with Gasteiger partial charge >= 0.3 is 5.91 Å². The number of carbonyl (C=O) groups excluding carboxylic acids is 2. The summed E-state index contributed by atoms with van der Waals surface area (Å²) >= 11 is 7.26. The van der Waals surface area contributed by atoms with Crippen LogP contribution in [0.5, 0.6) is 11.5 Å². The topological polar surface area (TPSA) is 100.0 Å². The van der Waals surface area contributed by atoms with Gasteiger partial charge < -0.3 is 14.9 Å². The summed E-state index contributed by atoms with van der Waals surface area (Å²) in [6.07, 6.45) is 0. The number of aromatic hydroxyl groups is 1. The molecule has 0 spiro atoms. The van der Waals surface area contributed by atoms with E-state index in [9.17, 15) is 19.8 Å². The Morgan fingerprint density at radius 1 is 1.09 bits per heavy atom. The highest BCUT2D eigenvalue weighted by molar-refractivity contribution is 7.22. The van der Waals surface area contributed by atoms with Crippen LogP contribution in [0.4, 0.5) is 5.13 Å². The van der Waals surface area contributed by atoms with Crippen LogP contribution < -0.4 is 9.64 Å². The lowest BCUT2D eigenvalue weighted by Crippen LogP contribution is -2.29. The smallest absolute Gasteiger partial charge is 0.301 e. The van der Waals surface area contributed by atoms with Crippen LogP contribution in [0.1, 0.15) is 22.7 Å². The van der Waals surface area contributed by atoms with Gasteiger partial charge in [0.05, 0.1) is 28.9 Å². The van der Waals surface area contributed by atoms with Crippen molar-refractivity contribution in [1.29, 1.82) is 0 Å². The van der Waals surface area contributed by atoms with E-state index in [0.29, 0.717) is 26.8 Å². The summed E-state index contributed by atoms with van der Waals surface area (Å²) in [4.78, 5) is 32.5. The summed E-state index contributed by atoms with van der Waals surface area (Å²) in [5, 5.41) is 22.1. The van der Waals surface area contributed by atoms with Gasteiger partial charge in [-0.15, -0.1) is 0 Å². The molecule has 1 aliphatic heterocycles. The number of fused-ring (bicyclic) bond motifs is 1. The second-order valence-corrected chi connectivity index (χ2v) is 9.52. The zero-order valence-electron chi connectivity index (χ0n) is 18.7. The zero-order valence-corrected chi connectivity index (χ0v) is 20.2. The number of nitrogens with zero attached hydrogens (tertiary/aromatic N) is 2. The number of amides is 1. The van der Waals surface area contributed by atoms with Gasteiger partial charge in [-0.25, -0.2) is 4.98 Å². The third-order valence-corrected chi connectivity index (χ3v) is 7.09. The second-order valence-electron chi connectivity index (χ2n) is 8.07. The molecule has 0 aliphatic carbocycles. The SMILES string of the molecule is COc1cc(C2C(=C(O)c3ccc(Cl)cc3)C(=O)C(=O)N2c2nc3ccc(C)cc3s2)ccc1O. The third kappa shape index (κ3) is 3.90. The monoisotopic (exact) mass is 506 g/mol. The number of Topliss-reactive ketones (excluding diaryl/α,β-unsaturated/α-hetero) is 1. The van der Waals surface area contributed by atoms with Crippen LogP contribution in [0, 0.1) is 6.92 Å². The zero-order chi connectivity index (χ0) is 24.9. The van der Waals surface area contributed by atoms with Gasteiger partial charge in [0.1, 0.15) is 5.76 Å². The molecular weight excluding hydrogens is 488 g/mol. The van der Waals surface area contributed by atoms with E-state index < -0.39 is 17.7 Å². The van der Waals surface area contributed by atoms with E-state index in [2.05, 4.69) is 4.98 Å². The molecule has 3 aromatic carbocycles. The van der Waals surface area contributed by atoms with Crippen LogP contribution in [0.3, 0.4) is 0 Å². The molecule has 0 bridgehead atoms. The molecule has 0 radical (unpaired) electrons. The number of aliphatic hydroxyl groups is 1. The van der Waals surface area contributed by atoms with Crippen LogP contribution in [-0.4, -0.2) is 34.0 Å². The number of benzene rings is 3. The first-order valence-electron chi connectivity index (χ1n) is 10.6. The predicted octanol–water partition coefficient (Wildman–Crippen LogP) is 5.60. The van der Waals surface area contributed by atoms with Crippen molar-refractivity contribution in [2.75, 3.05) is 12.0 Å². The Morgan fingerprint density at radius 3 is 2.54 bits per heavy atom. The van der Waals surface area contributed by atoms with Gasteiger partial charge in [0.15, 0.2) is 16.6 Å². The lowest BCUT2D eigenvalue weighted by molar-refractivity contribution is -0.132. The van der Waals surface area contributed by atoms with Crippen molar-refractivity contribution < 1.29 is 24.5 Å². The molecule has 1 fully saturated rings. The largest absolute Gasteiger partial charge is 0.507 e. The Morgan fingerprint density at radius 2 is 1.83 bits per heavy atom. The highest BCUT2D eigenvalue weighted by Gasteiger charge is 2.48. The maximum absolute atomic E-state index is 13.4. The Hall–Kier alpha value is -3.88. The van der Waals surface area contributed by atoms with Gasteiger partial charge in [-0.1, -0.05) is 35.1 Å². The van der Waals surface area contributed by atoms with E-state index in [-0.39, 0.29) is 22.8 Å². The van der Waals surface area contributed by atoms with Crippen LogP contribution in [0.2, 0.25) is 5.02 Å². The minimum absolute atomic E-state index is 0.0960. The Bertz CT molecular complexity index is 1530. The molecule has 9 heteroatoms. The van der Waals surface area contributed by atoms with E-state index in [1.165, 1.54) is 35.5 Å². The van der Waals surface area contributed by atoms with E-state index in [0.717, 1.165) is 10.3 Å². The van der Waals surface area contributed by atoms with Crippen LogP contribution in [-0.2, 0) is 9.59 Å². The average Bonchev–Trinajstić information content (AvgIpc) is 3.37. The van der Waals surface area contributed by atoms with E-state index >= 15 is 0 Å². The molecule has 2 heterocycles. The van der Waals surface area contributed by atoms with Gasteiger partial charge in [-0.2, -0.15) is 0 Å². The Kier molecular flexibility index (Phi) is 5.70. The number of ketones is 1. The van der Waals surface area contributed by atoms with Gasteiger partial charge in [0, 0.05) is 10.6 Å². The number of aliphatic hydroxyl groups excluding tert-OH is 1. The molecule has 1 aliphatic rings. The van der Waals surface area contributed by atoms with Crippen LogP contribution >= 0.6 is 22.9 Å². The number of methoxy groups -OCH3 is 1. The molecule has 5 rings (SSSR count). The van der Waals surface area contributed by atoms with Crippen molar-refractivity contribution in [2.45, 2.75) is 13.0 Å². The first-order valence-corrected chi connectivity index (χ1v) is 11.8. The minimum atomic E-state index is -0.998. The molecular formula is C26H19ClN2O5S. The van der Waals surface area contributed by atoms with Crippen molar-refractivity contribution in [3.05, 3.63) is 87.9 Å². The van der Waals surface area contributed by atoms with Gasteiger partial charge in [0.2, 0.25) is 0 Å². The number of phenolic OH excluding ortho intramolecular Hbond substituents is 1. The molecule has 1 atom stereocenters. The Labute approximate surface area is 209 Å². The second kappa shape index (κ2) is 8.72. The number of carbonyl (C=O) groups is 2. The molecule has 1 saturated heterocycles. The van der Waals surface area contributed by atoms with Gasteiger partial charge in [-0.3, -0.25) is 14.5 Å². The molecule has 35 heavy (non-hydrogen) atoms. The maximum Gasteiger partial charge on any atom is 0.301 e. The van der Waals surface area contributed by atoms with E-state index in [1.807, 2.05) is 25.1 Å². The highest BCUT2D eigenvalue weighted by atomic mass is 35.5. The number of ether oxygens (including phenoxy) is 1. The number of aryl methyl sites for hydroxylation is 1. The number of rotatable bonds is 4. The van der Waals surface area contributed by atoms with Gasteiger partial charge in [-0.05, 0) is 66.6 Å².